The average molecular weight is 501 g/mol. The van der Waals surface area contributed by atoms with Crippen LogP contribution in [0.2, 0.25) is 0 Å². The number of fused-ring (bicyclic) bond motifs is 5. The molecule has 1 N–H and O–H groups in total. The molecule has 3 fully saturated rings. The van der Waals surface area contributed by atoms with E-state index in [0.717, 1.165) is 37.7 Å². The standard InChI is InChI=1S/C33H40O4/c1-5-15-32(34)16-14-29-27-12-11-25-20-33(36-18-19-37-33)17-13-26(25)30(27)28(21-31(29,32)4)24-9-7-23(8-10-24)22(3)35-6-2/h7-11,14,16,26-30,34H,3,6,12-13,17-21H2,1-2,4H3/t26-,27-,28+,29-,30+,31-,32-/m0/s1. The Bertz CT molecular complexity index is 1180. The molecule has 0 unspecified atom stereocenters. The molecular weight excluding hydrogens is 460 g/mol. The second-order valence-corrected chi connectivity index (χ2v) is 11.9. The molecule has 1 spiro atoms. The monoisotopic (exact) mass is 500 g/mol. The van der Waals surface area contributed by atoms with Crippen molar-refractivity contribution in [2.24, 2.45) is 29.1 Å². The van der Waals surface area contributed by atoms with E-state index < -0.39 is 11.4 Å². The van der Waals surface area contributed by atoms with Gasteiger partial charge >= 0.3 is 0 Å². The second kappa shape index (κ2) is 9.16. The van der Waals surface area contributed by atoms with Crippen molar-refractivity contribution < 1.29 is 19.3 Å². The summed E-state index contributed by atoms with van der Waals surface area (Å²) in [6.45, 7) is 12.2. The maximum Gasteiger partial charge on any atom is 0.172 e. The summed E-state index contributed by atoms with van der Waals surface area (Å²) in [5.41, 5.74) is 2.47. The highest BCUT2D eigenvalue weighted by Crippen LogP contribution is 2.66. The molecule has 4 nitrogen and oxygen atoms in total. The molecule has 0 radical (unpaired) electrons. The minimum absolute atomic E-state index is 0.310. The third-order valence-corrected chi connectivity index (χ3v) is 10.2. The first-order valence-electron chi connectivity index (χ1n) is 14.1. The summed E-state index contributed by atoms with van der Waals surface area (Å²) < 4.78 is 17.9. The van der Waals surface area contributed by atoms with Crippen LogP contribution >= 0.6 is 0 Å². The van der Waals surface area contributed by atoms with Crippen LogP contribution in [-0.2, 0) is 14.2 Å². The van der Waals surface area contributed by atoms with E-state index in [2.05, 4.69) is 61.8 Å². The molecule has 1 aromatic carbocycles. The predicted octanol–water partition coefficient (Wildman–Crippen LogP) is 6.23. The van der Waals surface area contributed by atoms with Gasteiger partial charge in [-0.3, -0.25) is 0 Å². The van der Waals surface area contributed by atoms with E-state index in [0.29, 0.717) is 55.2 Å². The van der Waals surface area contributed by atoms with Gasteiger partial charge in [-0.2, -0.15) is 0 Å². The summed E-state index contributed by atoms with van der Waals surface area (Å²) in [5.74, 6) is 8.68. The molecule has 7 atom stereocenters. The normalized spacial score (nSPS) is 39.1. The van der Waals surface area contributed by atoms with Crippen LogP contribution in [0, 0.1) is 40.9 Å². The lowest BCUT2D eigenvalue weighted by atomic mass is 9.46. The Hall–Kier alpha value is -2.32. The first-order valence-corrected chi connectivity index (χ1v) is 14.1. The Kier molecular flexibility index (Phi) is 6.18. The van der Waals surface area contributed by atoms with E-state index in [-0.39, 0.29) is 5.41 Å². The zero-order chi connectivity index (χ0) is 25.8. The van der Waals surface area contributed by atoms with E-state index in [1.807, 2.05) is 19.9 Å². The summed E-state index contributed by atoms with van der Waals surface area (Å²) in [4.78, 5) is 0. The maximum absolute atomic E-state index is 11.8. The predicted molar refractivity (Wildman–Crippen MR) is 145 cm³/mol. The van der Waals surface area contributed by atoms with Crippen molar-refractivity contribution in [2.45, 2.75) is 70.2 Å². The molecule has 1 aliphatic heterocycles. The molecule has 0 bridgehead atoms. The lowest BCUT2D eigenvalue weighted by Crippen LogP contribution is -2.55. The fourth-order valence-corrected chi connectivity index (χ4v) is 8.49. The Morgan fingerprint density at radius 3 is 2.65 bits per heavy atom. The Labute approximate surface area is 221 Å². The number of hydrogen-bond donors (Lipinski definition) is 1. The SMILES string of the molecule is C=C(OCC)c1ccc([C@H]2C[C@@]3(C)[C@@H](C=C[C@@]3(O)C#CC)[C@@H]3CC=C4CC5(CC[C@@H]4[C@H]32)OCCO5)cc1. The van der Waals surface area contributed by atoms with Gasteiger partial charge in [0, 0.05) is 23.8 Å². The van der Waals surface area contributed by atoms with Crippen molar-refractivity contribution >= 4 is 5.76 Å². The zero-order valence-corrected chi connectivity index (χ0v) is 22.5. The van der Waals surface area contributed by atoms with Crippen LogP contribution in [0.4, 0.5) is 0 Å². The van der Waals surface area contributed by atoms with Gasteiger partial charge in [0.05, 0.1) is 19.8 Å². The van der Waals surface area contributed by atoms with Gasteiger partial charge in [0.1, 0.15) is 11.4 Å². The number of rotatable bonds is 4. The first-order chi connectivity index (χ1) is 17.8. The van der Waals surface area contributed by atoms with Crippen LogP contribution in [0.3, 0.4) is 0 Å². The summed E-state index contributed by atoms with van der Waals surface area (Å²) in [6, 6.07) is 8.83. The summed E-state index contributed by atoms with van der Waals surface area (Å²) >= 11 is 0. The Morgan fingerprint density at radius 1 is 1.19 bits per heavy atom. The molecule has 0 aromatic heterocycles. The lowest BCUT2D eigenvalue weighted by molar-refractivity contribution is -0.177. The van der Waals surface area contributed by atoms with Crippen molar-refractivity contribution in [2.75, 3.05) is 19.8 Å². The summed E-state index contributed by atoms with van der Waals surface area (Å²) in [6.07, 6.45) is 11.7. The van der Waals surface area contributed by atoms with Crippen molar-refractivity contribution in [3.05, 3.63) is 65.8 Å². The third kappa shape index (κ3) is 3.85. The van der Waals surface area contributed by atoms with Gasteiger partial charge in [0.15, 0.2) is 5.79 Å². The fourth-order valence-electron chi connectivity index (χ4n) is 8.49. The molecule has 1 heterocycles. The number of benzene rings is 1. The first kappa shape index (κ1) is 25.0. The van der Waals surface area contributed by atoms with Crippen LogP contribution in [0.25, 0.3) is 5.76 Å². The topological polar surface area (TPSA) is 47.9 Å². The molecule has 196 valence electrons. The van der Waals surface area contributed by atoms with E-state index >= 15 is 0 Å². The van der Waals surface area contributed by atoms with Crippen LogP contribution in [0.15, 0.2) is 54.6 Å². The highest BCUT2D eigenvalue weighted by atomic mass is 16.7. The van der Waals surface area contributed by atoms with Crippen LogP contribution in [-0.4, -0.2) is 36.3 Å². The van der Waals surface area contributed by atoms with Gasteiger partial charge in [-0.25, -0.2) is 0 Å². The Morgan fingerprint density at radius 2 is 1.95 bits per heavy atom. The second-order valence-electron chi connectivity index (χ2n) is 11.9. The highest BCUT2D eigenvalue weighted by molar-refractivity contribution is 5.58. The van der Waals surface area contributed by atoms with Gasteiger partial charge in [-0.05, 0) is 74.3 Å². The average Bonchev–Trinajstić information content (AvgIpc) is 3.45. The third-order valence-electron chi connectivity index (χ3n) is 10.2. The van der Waals surface area contributed by atoms with E-state index in [9.17, 15) is 5.11 Å². The van der Waals surface area contributed by atoms with E-state index in [1.54, 1.807) is 0 Å². The maximum atomic E-state index is 11.8. The Balaban J connectivity index is 1.39. The number of hydrogen-bond acceptors (Lipinski definition) is 4. The van der Waals surface area contributed by atoms with E-state index in [1.165, 1.54) is 11.1 Å². The van der Waals surface area contributed by atoms with Gasteiger partial charge in [-0.1, -0.05) is 61.4 Å². The van der Waals surface area contributed by atoms with Crippen LogP contribution in [0.1, 0.15) is 69.9 Å². The number of ether oxygens (including phenoxy) is 3. The largest absolute Gasteiger partial charge is 0.494 e. The molecule has 1 aromatic rings. The minimum Gasteiger partial charge on any atom is -0.494 e. The number of aliphatic hydroxyl groups is 1. The fraction of sp³-hybridized carbons (Fsp3) is 0.576. The lowest BCUT2D eigenvalue weighted by Gasteiger charge is -2.58. The smallest absolute Gasteiger partial charge is 0.172 e. The van der Waals surface area contributed by atoms with Gasteiger partial charge in [0.25, 0.3) is 0 Å². The zero-order valence-electron chi connectivity index (χ0n) is 22.5. The van der Waals surface area contributed by atoms with Gasteiger partial charge in [-0.15, -0.1) is 5.92 Å². The van der Waals surface area contributed by atoms with Gasteiger partial charge in [0.2, 0.25) is 0 Å². The molecule has 2 saturated carbocycles. The van der Waals surface area contributed by atoms with Crippen molar-refractivity contribution in [1.82, 2.24) is 0 Å². The highest BCUT2D eigenvalue weighted by Gasteiger charge is 2.63. The molecule has 4 heteroatoms. The van der Waals surface area contributed by atoms with Crippen molar-refractivity contribution in [3.63, 3.8) is 0 Å². The van der Waals surface area contributed by atoms with Crippen molar-refractivity contribution in [1.29, 1.82) is 0 Å². The molecule has 0 amide bonds. The molecule has 1 saturated heterocycles. The van der Waals surface area contributed by atoms with Crippen LogP contribution < -0.4 is 0 Å². The van der Waals surface area contributed by atoms with Gasteiger partial charge < -0.3 is 19.3 Å². The quantitative estimate of drug-likeness (QED) is 0.302. The molecule has 5 aliphatic rings. The van der Waals surface area contributed by atoms with E-state index in [4.69, 9.17) is 14.2 Å². The van der Waals surface area contributed by atoms with Crippen LogP contribution in [0.5, 0.6) is 0 Å². The molecule has 4 aliphatic carbocycles. The molecule has 6 rings (SSSR count). The summed E-state index contributed by atoms with van der Waals surface area (Å²) in [7, 11) is 0. The van der Waals surface area contributed by atoms with Crippen molar-refractivity contribution in [3.8, 4) is 11.8 Å². The number of allylic oxidation sites excluding steroid dienone is 2. The summed E-state index contributed by atoms with van der Waals surface area (Å²) in [5, 5.41) is 11.8. The molecular formula is C33H40O4. The minimum atomic E-state index is -1.09. The molecule has 37 heavy (non-hydrogen) atoms.